The van der Waals surface area contributed by atoms with Gasteiger partial charge in [0.25, 0.3) is 5.91 Å². The van der Waals surface area contributed by atoms with Gasteiger partial charge in [0, 0.05) is 28.1 Å². The number of hydrogen-bond acceptors (Lipinski definition) is 4. The molecular weight excluding hydrogens is 525 g/mol. The Morgan fingerprint density at radius 2 is 1.87 bits per heavy atom. The minimum atomic E-state index is -1.47. The fraction of sp³-hybridized carbons (Fsp3) is 0.333. The number of carbonyl (C=O) groups excluding carboxylic acids is 1. The highest BCUT2D eigenvalue weighted by atomic mass is 127. The monoisotopic (exact) mass is 548 g/mol. The van der Waals surface area contributed by atoms with Gasteiger partial charge in [-0.3, -0.25) is 4.79 Å². The lowest BCUT2D eigenvalue weighted by molar-refractivity contribution is 0.0697. The minimum absolute atomic E-state index is 0.243. The van der Waals surface area contributed by atoms with Crippen LogP contribution in [0.1, 0.15) is 46.0 Å². The van der Waals surface area contributed by atoms with Gasteiger partial charge in [0.05, 0.1) is 16.8 Å². The quantitative estimate of drug-likeness (QED) is 0.287. The molecule has 0 aliphatic carbocycles. The molecule has 0 aliphatic rings. The Morgan fingerprint density at radius 3 is 2.43 bits per heavy atom. The first-order valence-electron chi connectivity index (χ1n) is 9.39. The summed E-state index contributed by atoms with van der Waals surface area (Å²) >= 11 is 6.22. The van der Waals surface area contributed by atoms with Crippen molar-refractivity contribution in [3.63, 3.8) is 0 Å². The molecule has 2 aromatic carbocycles. The number of nitrogens with zero attached hydrogens (tertiary/aromatic N) is 1. The Hall–Kier alpha value is -1.88. The van der Waals surface area contributed by atoms with Crippen molar-refractivity contribution in [2.45, 2.75) is 26.7 Å². The topological polar surface area (TPSA) is 69.6 Å². The summed E-state index contributed by atoms with van der Waals surface area (Å²) in [5.74, 6) is -4.66. The van der Waals surface area contributed by atoms with Crippen molar-refractivity contribution in [1.82, 2.24) is 4.90 Å². The number of nitrogens with one attached hydrogen (secondary N) is 1. The molecule has 0 saturated heterocycles. The van der Waals surface area contributed by atoms with Crippen LogP contribution < -0.4 is 5.32 Å². The third-order valence-electron chi connectivity index (χ3n) is 4.55. The summed E-state index contributed by atoms with van der Waals surface area (Å²) in [5, 5.41) is 12.3. The van der Waals surface area contributed by atoms with Crippen molar-refractivity contribution >= 4 is 58.5 Å². The molecule has 9 heteroatoms. The van der Waals surface area contributed by atoms with Crippen molar-refractivity contribution in [2.75, 3.05) is 24.2 Å². The highest BCUT2D eigenvalue weighted by molar-refractivity contribution is 14.1. The third-order valence-corrected chi connectivity index (χ3v) is 5.43. The van der Waals surface area contributed by atoms with E-state index in [1.54, 1.807) is 19.1 Å². The first kappa shape index (κ1) is 24.4. The number of aromatic carboxylic acids is 1. The number of unbranched alkanes of at least 4 members (excludes halogenated alkanes) is 1. The molecule has 5 nitrogen and oxygen atoms in total. The number of amides is 1. The van der Waals surface area contributed by atoms with Gasteiger partial charge in [0.2, 0.25) is 0 Å². The lowest BCUT2D eigenvalue weighted by Crippen LogP contribution is -2.34. The molecule has 0 bridgehead atoms. The number of hydrogen-bond donors (Lipinski definition) is 3. The number of halogens is 3. The fourth-order valence-electron chi connectivity index (χ4n) is 2.93. The van der Waals surface area contributed by atoms with Gasteiger partial charge in [-0.25, -0.2) is 13.6 Å². The number of benzene rings is 2. The van der Waals surface area contributed by atoms with Gasteiger partial charge in [-0.05, 0) is 65.8 Å². The Balaban J connectivity index is 2.53. The average Bonchev–Trinajstić information content (AvgIpc) is 2.69. The maximum atomic E-state index is 15.0. The molecule has 0 aliphatic heterocycles. The van der Waals surface area contributed by atoms with E-state index < -0.39 is 40.3 Å². The summed E-state index contributed by atoms with van der Waals surface area (Å²) in [4.78, 5) is 26.0. The first-order valence-corrected chi connectivity index (χ1v) is 11.1. The van der Waals surface area contributed by atoms with Crippen LogP contribution in [0.5, 0.6) is 0 Å². The third kappa shape index (κ3) is 5.63. The van der Waals surface area contributed by atoms with E-state index in [-0.39, 0.29) is 6.54 Å². The molecule has 0 heterocycles. The standard InChI is InChI=1S/C21H23F2IN2O3S/c1-3-4-7-26(8-9-30)20(27)14-11-15(21(28)29)19(18(23)17(14)22)25-16-6-5-13(24)10-12(16)2/h5-6,10-11,25,30H,3-4,7-9H2,1-2H3,(H,28,29). The van der Waals surface area contributed by atoms with Gasteiger partial charge in [0.15, 0.2) is 11.6 Å². The van der Waals surface area contributed by atoms with E-state index in [1.165, 1.54) is 4.90 Å². The molecule has 2 aromatic rings. The second-order valence-corrected chi connectivity index (χ2v) is 8.43. The molecule has 2 rings (SSSR count). The minimum Gasteiger partial charge on any atom is -0.478 e. The van der Waals surface area contributed by atoms with E-state index in [2.05, 4.69) is 40.5 Å². The molecule has 0 unspecified atom stereocenters. The number of anilines is 2. The second kappa shape index (κ2) is 10.9. The van der Waals surface area contributed by atoms with E-state index in [0.717, 1.165) is 21.6 Å². The van der Waals surface area contributed by atoms with Crippen LogP contribution in [-0.4, -0.2) is 40.7 Å². The lowest BCUT2D eigenvalue weighted by atomic mass is 10.0. The molecule has 30 heavy (non-hydrogen) atoms. The van der Waals surface area contributed by atoms with Gasteiger partial charge in [-0.1, -0.05) is 13.3 Å². The van der Waals surface area contributed by atoms with Crippen molar-refractivity contribution in [1.29, 1.82) is 0 Å². The normalized spacial score (nSPS) is 10.7. The van der Waals surface area contributed by atoms with Gasteiger partial charge in [-0.15, -0.1) is 0 Å². The van der Waals surface area contributed by atoms with Crippen molar-refractivity contribution in [3.8, 4) is 0 Å². The number of carboxylic acids is 1. The highest BCUT2D eigenvalue weighted by Crippen LogP contribution is 2.31. The Labute approximate surface area is 193 Å². The van der Waals surface area contributed by atoms with Crippen LogP contribution in [0.4, 0.5) is 20.2 Å². The molecule has 0 saturated carbocycles. The Kier molecular flexibility index (Phi) is 8.90. The lowest BCUT2D eigenvalue weighted by Gasteiger charge is -2.23. The first-order chi connectivity index (χ1) is 14.2. The number of carbonyl (C=O) groups is 2. The molecule has 0 aromatic heterocycles. The Bertz CT molecular complexity index is 956. The zero-order chi connectivity index (χ0) is 22.4. The van der Waals surface area contributed by atoms with Crippen LogP contribution >= 0.6 is 35.2 Å². The summed E-state index contributed by atoms with van der Waals surface area (Å²) < 4.78 is 30.8. The van der Waals surface area contributed by atoms with E-state index in [0.29, 0.717) is 24.4 Å². The second-order valence-electron chi connectivity index (χ2n) is 6.73. The van der Waals surface area contributed by atoms with Crippen LogP contribution in [0.15, 0.2) is 24.3 Å². The van der Waals surface area contributed by atoms with Crippen molar-refractivity contribution in [3.05, 3.63) is 56.2 Å². The smallest absolute Gasteiger partial charge is 0.337 e. The molecule has 0 atom stereocenters. The number of aryl methyl sites for hydroxylation is 1. The van der Waals surface area contributed by atoms with Crippen LogP contribution in [0.3, 0.4) is 0 Å². The maximum Gasteiger partial charge on any atom is 0.337 e. The maximum absolute atomic E-state index is 15.0. The van der Waals surface area contributed by atoms with Crippen molar-refractivity contribution < 1.29 is 23.5 Å². The summed E-state index contributed by atoms with van der Waals surface area (Å²) in [6.45, 7) is 4.30. The van der Waals surface area contributed by atoms with Gasteiger partial charge in [0.1, 0.15) is 0 Å². The predicted octanol–water partition coefficient (Wildman–Crippen LogP) is 5.49. The van der Waals surface area contributed by atoms with Gasteiger partial charge >= 0.3 is 5.97 Å². The summed E-state index contributed by atoms with van der Waals surface area (Å²) in [7, 11) is 0. The van der Waals surface area contributed by atoms with Crippen LogP contribution in [0, 0.1) is 22.1 Å². The molecule has 0 radical (unpaired) electrons. The number of carboxylic acid groups (broad SMARTS) is 1. The summed E-state index contributed by atoms with van der Waals surface area (Å²) in [6, 6.07) is 6.12. The van der Waals surface area contributed by atoms with Crippen LogP contribution in [0.25, 0.3) is 0 Å². The molecule has 2 N–H and O–H groups in total. The summed E-state index contributed by atoms with van der Waals surface area (Å²) in [6.07, 6.45) is 1.49. The zero-order valence-corrected chi connectivity index (χ0v) is 19.7. The van der Waals surface area contributed by atoms with E-state index >= 15 is 0 Å². The average molecular weight is 548 g/mol. The van der Waals surface area contributed by atoms with E-state index in [9.17, 15) is 23.5 Å². The molecule has 0 fully saturated rings. The summed E-state index contributed by atoms with van der Waals surface area (Å²) in [5.41, 5.74) is -0.466. The molecule has 0 spiro atoms. The van der Waals surface area contributed by atoms with Gasteiger partial charge < -0.3 is 15.3 Å². The Morgan fingerprint density at radius 1 is 1.17 bits per heavy atom. The zero-order valence-electron chi connectivity index (χ0n) is 16.6. The van der Waals surface area contributed by atoms with Crippen LogP contribution in [0.2, 0.25) is 0 Å². The van der Waals surface area contributed by atoms with E-state index in [4.69, 9.17) is 0 Å². The molecule has 162 valence electrons. The predicted molar refractivity (Wildman–Crippen MR) is 125 cm³/mol. The van der Waals surface area contributed by atoms with Crippen molar-refractivity contribution in [2.24, 2.45) is 0 Å². The molecule has 1 amide bonds. The van der Waals surface area contributed by atoms with Crippen LogP contribution in [-0.2, 0) is 0 Å². The highest BCUT2D eigenvalue weighted by Gasteiger charge is 2.28. The number of thiol groups is 1. The SMILES string of the molecule is CCCCN(CCS)C(=O)c1cc(C(=O)O)c(Nc2ccc(I)cc2C)c(F)c1F. The van der Waals surface area contributed by atoms with E-state index in [1.807, 2.05) is 13.0 Å². The molecular formula is C21H23F2IN2O3S. The fourth-order valence-corrected chi connectivity index (χ4v) is 3.82. The van der Waals surface area contributed by atoms with Gasteiger partial charge in [-0.2, -0.15) is 12.6 Å². The largest absolute Gasteiger partial charge is 0.478 e. The number of rotatable bonds is 9.